The van der Waals surface area contributed by atoms with Crippen molar-refractivity contribution in [2.45, 2.75) is 50.8 Å². The number of carboxylic acids is 1. The van der Waals surface area contributed by atoms with Crippen LogP contribution in [0.1, 0.15) is 54.9 Å². The van der Waals surface area contributed by atoms with Gasteiger partial charge in [-0.3, -0.25) is 0 Å². The van der Waals surface area contributed by atoms with Crippen LogP contribution >= 0.6 is 11.9 Å². The fraction of sp³-hybridized carbons (Fsp3) is 0.476. The van der Waals surface area contributed by atoms with Crippen molar-refractivity contribution in [3.63, 3.8) is 0 Å². The van der Waals surface area contributed by atoms with Gasteiger partial charge in [-0.05, 0) is 30.9 Å². The molecule has 0 bridgehead atoms. The Hall–Kier alpha value is -1.92. The Morgan fingerprint density at radius 2 is 2.22 bits per heavy atom. The summed E-state index contributed by atoms with van der Waals surface area (Å²) in [6.45, 7) is 3.29. The van der Waals surface area contributed by atoms with E-state index in [1.54, 1.807) is 30.5 Å². The normalized spacial score (nSPS) is 17.8. The van der Waals surface area contributed by atoms with Crippen LogP contribution in [0.5, 0.6) is 5.75 Å². The molecule has 1 aliphatic rings. The van der Waals surface area contributed by atoms with Crippen LogP contribution in [0.4, 0.5) is 0 Å². The molecular weight excluding hydrogens is 362 g/mol. The van der Waals surface area contributed by atoms with Crippen molar-refractivity contribution in [2.24, 2.45) is 0 Å². The molecule has 0 aliphatic carbocycles. The summed E-state index contributed by atoms with van der Waals surface area (Å²) in [4.78, 5) is 12.0. The van der Waals surface area contributed by atoms with E-state index in [4.69, 9.17) is 9.15 Å². The molecular formula is C21H27NO4S. The predicted octanol–water partition coefficient (Wildman–Crippen LogP) is 5.46. The quantitative estimate of drug-likeness (QED) is 0.605. The third-order valence-electron chi connectivity index (χ3n) is 5.08. The Morgan fingerprint density at radius 3 is 2.89 bits per heavy atom. The summed E-state index contributed by atoms with van der Waals surface area (Å²) in [5, 5.41) is 9.85. The second-order valence-electron chi connectivity index (χ2n) is 6.85. The van der Waals surface area contributed by atoms with Gasteiger partial charge in [0, 0.05) is 29.5 Å². The molecule has 146 valence electrons. The number of methoxy groups -OCH3 is 1. The highest BCUT2D eigenvalue weighted by atomic mass is 32.2. The minimum atomic E-state index is -0.962. The second kappa shape index (κ2) is 9.33. The van der Waals surface area contributed by atoms with Crippen molar-refractivity contribution in [2.75, 3.05) is 13.7 Å². The summed E-state index contributed by atoms with van der Waals surface area (Å²) in [6, 6.07) is 6.22. The molecule has 6 heteroatoms. The smallest absolute Gasteiger partial charge is 0.339 e. The number of nitrogens with zero attached hydrogens (tertiary/aromatic N) is 1. The van der Waals surface area contributed by atoms with E-state index in [9.17, 15) is 9.90 Å². The van der Waals surface area contributed by atoms with E-state index in [-0.39, 0.29) is 5.56 Å². The van der Waals surface area contributed by atoms with Gasteiger partial charge in [0.1, 0.15) is 11.3 Å². The highest BCUT2D eigenvalue weighted by Gasteiger charge is 2.25. The van der Waals surface area contributed by atoms with E-state index < -0.39 is 5.97 Å². The van der Waals surface area contributed by atoms with Crippen LogP contribution in [0.3, 0.4) is 0 Å². The number of furan rings is 1. The average Bonchev–Trinajstić information content (AvgIpc) is 3.21. The van der Waals surface area contributed by atoms with Gasteiger partial charge in [-0.1, -0.05) is 43.8 Å². The summed E-state index contributed by atoms with van der Waals surface area (Å²) < 4.78 is 13.1. The third kappa shape index (κ3) is 4.50. The van der Waals surface area contributed by atoms with Crippen LogP contribution in [0.2, 0.25) is 0 Å². The van der Waals surface area contributed by atoms with Gasteiger partial charge in [-0.15, -0.1) is 0 Å². The lowest BCUT2D eigenvalue weighted by Gasteiger charge is -2.34. The minimum Gasteiger partial charge on any atom is -0.495 e. The minimum absolute atomic E-state index is 0.243. The average molecular weight is 390 g/mol. The number of benzene rings is 1. The fourth-order valence-corrected chi connectivity index (χ4v) is 4.98. The molecule has 3 rings (SSSR count). The topological polar surface area (TPSA) is 62.9 Å². The van der Waals surface area contributed by atoms with Gasteiger partial charge in [0.15, 0.2) is 0 Å². The van der Waals surface area contributed by atoms with Crippen LogP contribution in [0.25, 0.3) is 11.1 Å². The first-order chi connectivity index (χ1) is 13.2. The molecule has 0 radical (unpaired) electrons. The number of carbonyl (C=O) groups is 1. The van der Waals surface area contributed by atoms with Crippen molar-refractivity contribution in [3.05, 3.63) is 41.9 Å². The second-order valence-corrected chi connectivity index (χ2v) is 7.87. The summed E-state index contributed by atoms with van der Waals surface area (Å²) in [7, 11) is 1.52. The lowest BCUT2D eigenvalue weighted by molar-refractivity contribution is 0.0692. The lowest BCUT2D eigenvalue weighted by Crippen LogP contribution is -2.34. The molecule has 1 aliphatic heterocycles. The monoisotopic (exact) mass is 389 g/mol. The van der Waals surface area contributed by atoms with E-state index in [0.29, 0.717) is 17.5 Å². The van der Waals surface area contributed by atoms with Crippen molar-refractivity contribution in [3.8, 4) is 16.9 Å². The van der Waals surface area contributed by atoms with Gasteiger partial charge in [0.25, 0.3) is 0 Å². The molecule has 0 spiro atoms. The van der Waals surface area contributed by atoms with Gasteiger partial charge >= 0.3 is 5.97 Å². The van der Waals surface area contributed by atoms with Crippen molar-refractivity contribution in [1.29, 1.82) is 0 Å². The molecule has 2 heterocycles. The molecule has 1 fully saturated rings. The Balaban J connectivity index is 1.85. The van der Waals surface area contributed by atoms with E-state index in [0.717, 1.165) is 23.2 Å². The van der Waals surface area contributed by atoms with E-state index >= 15 is 0 Å². The Labute approximate surface area is 164 Å². The number of hydrogen-bond donors (Lipinski definition) is 1. The molecule has 2 aromatic rings. The number of piperidine rings is 1. The van der Waals surface area contributed by atoms with Gasteiger partial charge < -0.3 is 14.3 Å². The Kier molecular flexibility index (Phi) is 6.85. The molecule has 1 N–H and O–H groups in total. The lowest BCUT2D eigenvalue weighted by atomic mass is 9.99. The van der Waals surface area contributed by atoms with Crippen LogP contribution in [-0.4, -0.2) is 35.1 Å². The first-order valence-corrected chi connectivity index (χ1v) is 10.4. The molecule has 1 unspecified atom stereocenters. The molecule has 0 amide bonds. The first kappa shape index (κ1) is 19.8. The molecule has 0 saturated carbocycles. The number of aromatic carboxylic acids is 1. The molecule has 1 aromatic carbocycles. The molecule has 1 saturated heterocycles. The Bertz CT molecular complexity index is 758. The molecule has 27 heavy (non-hydrogen) atoms. The van der Waals surface area contributed by atoms with Crippen LogP contribution in [0.15, 0.2) is 35.1 Å². The van der Waals surface area contributed by atoms with Gasteiger partial charge in [0.05, 0.1) is 19.6 Å². The molecule has 1 aromatic heterocycles. The standard InChI is InChI=1S/C21H27NO4S/c1-3-6-17-7-4-5-11-22(17)27-14-16-8-9-18(15-10-12-26-13-15)20(25-2)19(16)21(23)24/h8-10,12-13,17H,3-7,11,14H2,1-2H3,(H,23,24). The highest BCUT2D eigenvalue weighted by Crippen LogP contribution is 2.38. The SMILES string of the molecule is CCCC1CCCCN1SCc1ccc(-c2ccoc2)c(OC)c1C(=O)O. The van der Waals surface area contributed by atoms with Gasteiger partial charge in [0.2, 0.25) is 0 Å². The fourth-order valence-electron chi connectivity index (χ4n) is 3.75. The largest absolute Gasteiger partial charge is 0.495 e. The van der Waals surface area contributed by atoms with Crippen molar-refractivity contribution >= 4 is 17.9 Å². The number of rotatable bonds is 8. The highest BCUT2D eigenvalue weighted by molar-refractivity contribution is 7.96. The van der Waals surface area contributed by atoms with Crippen LogP contribution in [0, 0.1) is 0 Å². The predicted molar refractivity (Wildman–Crippen MR) is 108 cm³/mol. The summed E-state index contributed by atoms with van der Waals surface area (Å²) in [5.74, 6) is 0.0615. The maximum Gasteiger partial charge on any atom is 0.339 e. The zero-order valence-corrected chi connectivity index (χ0v) is 16.8. The Morgan fingerprint density at radius 1 is 1.37 bits per heavy atom. The van der Waals surface area contributed by atoms with Crippen molar-refractivity contribution < 1.29 is 19.1 Å². The zero-order chi connectivity index (χ0) is 19.2. The van der Waals surface area contributed by atoms with Crippen molar-refractivity contribution in [1.82, 2.24) is 4.31 Å². The number of ether oxygens (including phenoxy) is 1. The maximum atomic E-state index is 12.0. The number of carboxylic acid groups (broad SMARTS) is 1. The van der Waals surface area contributed by atoms with E-state index in [1.165, 1.54) is 39.2 Å². The third-order valence-corrected chi connectivity index (χ3v) is 6.33. The van der Waals surface area contributed by atoms with E-state index in [1.807, 2.05) is 12.1 Å². The summed E-state index contributed by atoms with van der Waals surface area (Å²) in [6.07, 6.45) is 9.27. The molecule has 5 nitrogen and oxygen atoms in total. The van der Waals surface area contributed by atoms with Gasteiger partial charge in [-0.25, -0.2) is 9.10 Å². The zero-order valence-electron chi connectivity index (χ0n) is 15.9. The van der Waals surface area contributed by atoms with Crippen LogP contribution < -0.4 is 4.74 Å². The first-order valence-electron chi connectivity index (χ1n) is 9.51. The summed E-state index contributed by atoms with van der Waals surface area (Å²) >= 11 is 1.75. The molecule has 1 atom stereocenters. The maximum absolute atomic E-state index is 12.0. The van der Waals surface area contributed by atoms with Crippen LogP contribution in [-0.2, 0) is 5.75 Å². The number of hydrogen-bond acceptors (Lipinski definition) is 5. The summed E-state index contributed by atoms with van der Waals surface area (Å²) in [5.41, 5.74) is 2.58. The van der Waals surface area contributed by atoms with Gasteiger partial charge in [-0.2, -0.15) is 0 Å². The van der Waals surface area contributed by atoms with E-state index in [2.05, 4.69) is 11.2 Å².